The number of allylic oxidation sites excluding steroid dienone is 6. The zero-order chi connectivity index (χ0) is 38.4. The molecule has 0 amide bonds. The van der Waals surface area contributed by atoms with Crippen LogP contribution < -0.4 is 0 Å². The van der Waals surface area contributed by atoms with E-state index in [1.54, 1.807) is 27.9 Å². The molecule has 1 fully saturated rings. The molecule has 1 spiro atoms. The van der Waals surface area contributed by atoms with Crippen molar-refractivity contribution in [1.29, 1.82) is 0 Å². The summed E-state index contributed by atoms with van der Waals surface area (Å²) in [7, 11) is 0. The van der Waals surface area contributed by atoms with E-state index in [-0.39, 0.29) is 32.5 Å². The Bertz CT molecular complexity index is 2000. The van der Waals surface area contributed by atoms with E-state index in [0.29, 0.717) is 5.41 Å². The zero-order valence-electron chi connectivity index (χ0n) is 35.9. The summed E-state index contributed by atoms with van der Waals surface area (Å²) < 4.78 is 0. The standard InChI is InChI=1S/C53H70/c1-36-41(6)53(34-47(36,7)8,44-24-16-14-17-25-44)46-27-21-22-42(31-46)32-49(11)35-50(12,39(4)38(49)3)45-26-20-23-43(30-45)33-51(13)40(5)37(2)48(9,10)52(51)28-18-15-19-29-52/h14,16-17,20-27,30-31H,15,18-19,28-29,32-35H2,1-13H3. The highest BCUT2D eigenvalue weighted by Gasteiger charge is 2.62. The maximum absolute atomic E-state index is 2.64. The molecule has 0 bridgehead atoms. The van der Waals surface area contributed by atoms with E-state index in [4.69, 9.17) is 0 Å². The average molecular weight is 707 g/mol. The number of rotatable bonds is 7. The monoisotopic (exact) mass is 707 g/mol. The molecule has 1 saturated carbocycles. The van der Waals surface area contributed by atoms with Crippen molar-refractivity contribution in [3.63, 3.8) is 0 Å². The van der Waals surface area contributed by atoms with Crippen molar-refractivity contribution < 1.29 is 0 Å². The van der Waals surface area contributed by atoms with Crippen LogP contribution in [0.5, 0.6) is 0 Å². The minimum Gasteiger partial charge on any atom is -0.0676 e. The van der Waals surface area contributed by atoms with Gasteiger partial charge >= 0.3 is 0 Å². The summed E-state index contributed by atoms with van der Waals surface area (Å²) in [6.45, 7) is 32.4. The van der Waals surface area contributed by atoms with Crippen molar-refractivity contribution in [3.8, 4) is 0 Å². The Labute approximate surface area is 324 Å². The van der Waals surface area contributed by atoms with E-state index < -0.39 is 0 Å². The second-order valence-electron chi connectivity index (χ2n) is 20.5. The fraction of sp³-hybridized carbons (Fsp3) is 0.547. The molecule has 7 rings (SSSR count). The summed E-state index contributed by atoms with van der Waals surface area (Å²) in [6.07, 6.45) is 11.3. The van der Waals surface area contributed by atoms with E-state index in [1.165, 1.54) is 65.5 Å². The minimum absolute atomic E-state index is 0.0167. The number of benzene rings is 3. The smallest absolute Gasteiger partial charge is 0.0419 e. The lowest BCUT2D eigenvalue weighted by Crippen LogP contribution is -2.48. The summed E-state index contributed by atoms with van der Waals surface area (Å²) in [6, 6.07) is 31.0. The second-order valence-corrected chi connectivity index (χ2v) is 20.5. The summed E-state index contributed by atoms with van der Waals surface area (Å²) in [5.74, 6) is 0. The van der Waals surface area contributed by atoms with Crippen LogP contribution in [0.1, 0.15) is 163 Å². The van der Waals surface area contributed by atoms with Crippen LogP contribution in [0.3, 0.4) is 0 Å². The summed E-state index contributed by atoms with van der Waals surface area (Å²) >= 11 is 0. The Morgan fingerprint density at radius 2 is 1.04 bits per heavy atom. The Morgan fingerprint density at radius 1 is 0.472 bits per heavy atom. The van der Waals surface area contributed by atoms with Crippen LogP contribution in [-0.4, -0.2) is 0 Å². The van der Waals surface area contributed by atoms with Crippen LogP contribution >= 0.6 is 0 Å². The molecule has 0 heterocycles. The van der Waals surface area contributed by atoms with Gasteiger partial charge in [-0.2, -0.15) is 0 Å². The lowest BCUT2D eigenvalue weighted by molar-refractivity contribution is -0.0296. The fourth-order valence-corrected chi connectivity index (χ4v) is 13.5. The molecule has 0 nitrogen and oxygen atoms in total. The molecular weight excluding hydrogens is 637 g/mol. The Hall–Kier alpha value is -3.12. The van der Waals surface area contributed by atoms with Crippen LogP contribution in [0.25, 0.3) is 0 Å². The van der Waals surface area contributed by atoms with Crippen molar-refractivity contribution >= 4 is 0 Å². The first-order valence-electron chi connectivity index (χ1n) is 21.1. The van der Waals surface area contributed by atoms with E-state index >= 15 is 0 Å². The summed E-state index contributed by atoms with van der Waals surface area (Å²) in [5, 5.41) is 0. The summed E-state index contributed by atoms with van der Waals surface area (Å²) in [4.78, 5) is 0. The molecular formula is C53H70. The van der Waals surface area contributed by atoms with Gasteiger partial charge in [0, 0.05) is 10.8 Å². The molecule has 0 N–H and O–H groups in total. The lowest BCUT2D eigenvalue weighted by atomic mass is 9.48. The van der Waals surface area contributed by atoms with Gasteiger partial charge in [0.1, 0.15) is 0 Å². The van der Waals surface area contributed by atoms with Gasteiger partial charge in [-0.25, -0.2) is 0 Å². The lowest BCUT2D eigenvalue weighted by Gasteiger charge is -2.55. The van der Waals surface area contributed by atoms with Crippen molar-refractivity contribution in [3.05, 3.63) is 140 Å². The molecule has 0 aromatic heterocycles. The highest BCUT2D eigenvalue weighted by molar-refractivity contribution is 5.55. The highest BCUT2D eigenvalue weighted by atomic mass is 14.7. The van der Waals surface area contributed by atoms with Gasteiger partial charge in [-0.05, 0) is 135 Å². The number of hydrogen-bond donors (Lipinski definition) is 0. The maximum atomic E-state index is 2.64. The van der Waals surface area contributed by atoms with Crippen LogP contribution in [0.15, 0.2) is 112 Å². The third kappa shape index (κ3) is 5.41. The Balaban J connectivity index is 1.20. The van der Waals surface area contributed by atoms with E-state index in [9.17, 15) is 0 Å². The maximum Gasteiger partial charge on any atom is 0.0419 e. The fourth-order valence-electron chi connectivity index (χ4n) is 13.5. The predicted molar refractivity (Wildman–Crippen MR) is 229 cm³/mol. The molecule has 0 heteroatoms. The normalized spacial score (nSPS) is 32.0. The van der Waals surface area contributed by atoms with Gasteiger partial charge < -0.3 is 0 Å². The quantitative estimate of drug-likeness (QED) is 0.215. The van der Waals surface area contributed by atoms with Gasteiger partial charge in [-0.3, -0.25) is 0 Å². The molecule has 4 atom stereocenters. The third-order valence-electron chi connectivity index (χ3n) is 17.7. The van der Waals surface area contributed by atoms with Gasteiger partial charge in [-0.15, -0.1) is 0 Å². The van der Waals surface area contributed by atoms with Crippen LogP contribution in [0.2, 0.25) is 0 Å². The molecule has 0 aliphatic heterocycles. The van der Waals surface area contributed by atoms with Gasteiger partial charge in [0.05, 0.1) is 0 Å². The first-order chi connectivity index (χ1) is 24.8. The van der Waals surface area contributed by atoms with Gasteiger partial charge in [0.2, 0.25) is 0 Å². The zero-order valence-corrected chi connectivity index (χ0v) is 35.9. The number of hydrogen-bond acceptors (Lipinski definition) is 0. The second kappa shape index (κ2) is 12.7. The molecule has 4 unspecified atom stereocenters. The molecule has 4 aliphatic rings. The highest BCUT2D eigenvalue weighted by Crippen LogP contribution is 2.71. The summed E-state index contributed by atoms with van der Waals surface area (Å²) in [5.41, 5.74) is 17.9. The molecule has 53 heavy (non-hydrogen) atoms. The van der Waals surface area contributed by atoms with Crippen LogP contribution in [0, 0.1) is 27.1 Å². The Kier molecular flexibility index (Phi) is 9.16. The van der Waals surface area contributed by atoms with Crippen molar-refractivity contribution in [2.24, 2.45) is 27.1 Å². The molecule has 282 valence electrons. The topological polar surface area (TPSA) is 0 Å². The SMILES string of the molecule is CC1=C(C)C(c2ccccc2)(c2cccc(CC3(C)CC(C)(c4cccc(CC5(C)C(C)=C(C)C(C)(C)C56CCCCC6)c4)C(C)=C3C)c2)CC1(C)C. The van der Waals surface area contributed by atoms with Gasteiger partial charge in [0.25, 0.3) is 0 Å². The van der Waals surface area contributed by atoms with Crippen molar-refractivity contribution in [2.45, 2.75) is 159 Å². The van der Waals surface area contributed by atoms with Crippen molar-refractivity contribution in [1.82, 2.24) is 0 Å². The van der Waals surface area contributed by atoms with E-state index in [2.05, 4.69) is 169 Å². The average Bonchev–Trinajstić information content (AvgIpc) is 3.48. The largest absolute Gasteiger partial charge is 0.0676 e. The predicted octanol–water partition coefficient (Wildman–Crippen LogP) is 14.9. The Morgan fingerprint density at radius 3 is 1.64 bits per heavy atom. The molecule has 0 saturated heterocycles. The van der Waals surface area contributed by atoms with Gasteiger partial charge in [-0.1, -0.05) is 180 Å². The minimum atomic E-state index is -0.0926. The van der Waals surface area contributed by atoms with Gasteiger partial charge in [0.15, 0.2) is 0 Å². The first kappa shape index (κ1) is 38.2. The first-order valence-corrected chi connectivity index (χ1v) is 21.1. The molecule has 0 radical (unpaired) electrons. The molecule has 3 aromatic rings. The van der Waals surface area contributed by atoms with Crippen LogP contribution in [-0.2, 0) is 23.7 Å². The van der Waals surface area contributed by atoms with E-state index in [1.807, 2.05) is 0 Å². The molecule has 4 aliphatic carbocycles. The van der Waals surface area contributed by atoms with Crippen LogP contribution in [0.4, 0.5) is 0 Å². The molecule has 3 aromatic carbocycles. The van der Waals surface area contributed by atoms with Crippen molar-refractivity contribution in [2.75, 3.05) is 0 Å². The third-order valence-corrected chi connectivity index (χ3v) is 17.7. The van der Waals surface area contributed by atoms with E-state index in [0.717, 1.165) is 25.7 Å².